The van der Waals surface area contributed by atoms with Crippen molar-refractivity contribution >= 4 is 11.9 Å². The van der Waals surface area contributed by atoms with E-state index in [0.717, 1.165) is 11.0 Å². The molecule has 2 aromatic rings. The Morgan fingerprint density at radius 2 is 1.55 bits per heavy atom. The van der Waals surface area contributed by atoms with Gasteiger partial charge in [-0.05, 0) is 43.7 Å². The van der Waals surface area contributed by atoms with E-state index in [0.29, 0.717) is 24.9 Å². The van der Waals surface area contributed by atoms with Gasteiger partial charge in [-0.1, -0.05) is 0 Å². The number of carbonyl (C=O) groups is 1. The van der Waals surface area contributed by atoms with Crippen molar-refractivity contribution in [2.75, 3.05) is 31.8 Å². The Labute approximate surface area is 234 Å². The van der Waals surface area contributed by atoms with Gasteiger partial charge >= 0.3 is 24.6 Å². The maximum absolute atomic E-state index is 13.6. The summed E-state index contributed by atoms with van der Waals surface area (Å²) in [5.41, 5.74) is -4.96. The number of cyclic esters (lactones) is 1. The number of hydrogen-bond donors (Lipinski definition) is 0. The highest BCUT2D eigenvalue weighted by molar-refractivity contribution is 5.71. The molecule has 2 fully saturated rings. The molecule has 1 aromatic heterocycles. The largest absolute Gasteiger partial charge is 0.439 e. The van der Waals surface area contributed by atoms with Gasteiger partial charge in [0.05, 0.1) is 48.5 Å². The number of carbonyl (C=O) groups excluding carboxylic acids is 1. The zero-order chi connectivity index (χ0) is 31.2. The molecule has 0 N–H and O–H groups in total. The van der Waals surface area contributed by atoms with Gasteiger partial charge in [-0.2, -0.15) is 39.5 Å². The summed E-state index contributed by atoms with van der Waals surface area (Å²) in [6.07, 6.45) is -17.6. The van der Waals surface area contributed by atoms with E-state index in [2.05, 4.69) is 4.98 Å². The maximum Gasteiger partial charge on any atom is 0.417 e. The summed E-state index contributed by atoms with van der Waals surface area (Å²) in [5, 5.41) is 0. The first-order chi connectivity index (χ1) is 19.4. The first kappa shape index (κ1) is 31.7. The molecular formula is C26H26F9N3O4. The molecule has 4 rings (SSSR count). The fourth-order valence-corrected chi connectivity index (χ4v) is 4.99. The molecule has 1 amide bonds. The van der Waals surface area contributed by atoms with Crippen molar-refractivity contribution in [1.29, 1.82) is 0 Å². The SMILES string of the molecule is CCO[C@H]1COC[C@H]1N(C)c1ncc(C(F)(F)F)cc1CN1C(=O)O[C@H](c2cc(C(F)(F)F)cc(C(F)(F)F)c2)[C@@H]1C. The lowest BCUT2D eigenvalue weighted by Gasteiger charge is -2.31. The van der Waals surface area contributed by atoms with Crippen molar-refractivity contribution in [2.45, 2.75) is 63.2 Å². The monoisotopic (exact) mass is 615 g/mol. The number of rotatable bonds is 7. The third-order valence-corrected chi connectivity index (χ3v) is 7.15. The molecule has 4 atom stereocenters. The summed E-state index contributed by atoms with van der Waals surface area (Å²) in [6, 6.07) is 0.0129. The highest BCUT2D eigenvalue weighted by Crippen LogP contribution is 2.42. The van der Waals surface area contributed by atoms with Crippen LogP contribution in [0.4, 0.5) is 50.1 Å². The van der Waals surface area contributed by atoms with Gasteiger partial charge in [0.25, 0.3) is 0 Å². The Balaban J connectivity index is 1.70. The number of pyridine rings is 1. The van der Waals surface area contributed by atoms with Gasteiger partial charge in [0, 0.05) is 25.4 Å². The van der Waals surface area contributed by atoms with Crippen LogP contribution < -0.4 is 4.90 Å². The van der Waals surface area contributed by atoms with E-state index in [1.807, 2.05) is 0 Å². The topological polar surface area (TPSA) is 64.1 Å². The lowest BCUT2D eigenvalue weighted by molar-refractivity contribution is -0.143. The number of likely N-dealkylation sites (N-methyl/N-ethyl adjacent to an activating group) is 1. The summed E-state index contributed by atoms with van der Waals surface area (Å²) in [4.78, 5) is 19.3. The van der Waals surface area contributed by atoms with E-state index < -0.39 is 77.7 Å². The van der Waals surface area contributed by atoms with Crippen LogP contribution in [0.15, 0.2) is 30.5 Å². The van der Waals surface area contributed by atoms with Gasteiger partial charge in [0.1, 0.15) is 18.0 Å². The van der Waals surface area contributed by atoms with Crippen LogP contribution in [0.3, 0.4) is 0 Å². The zero-order valence-electron chi connectivity index (χ0n) is 22.4. The second-order valence-corrected chi connectivity index (χ2v) is 9.93. The molecule has 16 heteroatoms. The van der Waals surface area contributed by atoms with Crippen LogP contribution in [-0.4, -0.2) is 61.0 Å². The molecule has 2 aliphatic heterocycles. The minimum atomic E-state index is -5.13. The van der Waals surface area contributed by atoms with Crippen LogP contribution in [0.2, 0.25) is 0 Å². The molecule has 3 heterocycles. The number of benzene rings is 1. The average molecular weight is 615 g/mol. The Morgan fingerprint density at radius 1 is 0.952 bits per heavy atom. The number of ether oxygens (including phenoxy) is 3. The second-order valence-electron chi connectivity index (χ2n) is 9.93. The number of aromatic nitrogens is 1. The van der Waals surface area contributed by atoms with E-state index in [9.17, 15) is 44.3 Å². The Morgan fingerprint density at radius 3 is 2.10 bits per heavy atom. The van der Waals surface area contributed by atoms with Crippen LogP contribution in [0.1, 0.15) is 47.8 Å². The molecular weight excluding hydrogens is 589 g/mol. The van der Waals surface area contributed by atoms with Crippen molar-refractivity contribution in [3.8, 4) is 0 Å². The first-order valence-corrected chi connectivity index (χ1v) is 12.7. The van der Waals surface area contributed by atoms with E-state index in [1.165, 1.54) is 6.92 Å². The van der Waals surface area contributed by atoms with E-state index in [-0.39, 0.29) is 30.7 Å². The number of anilines is 1. The molecule has 0 aliphatic carbocycles. The van der Waals surface area contributed by atoms with Crippen LogP contribution >= 0.6 is 0 Å². The maximum atomic E-state index is 13.6. The number of nitrogens with zero attached hydrogens (tertiary/aromatic N) is 3. The van der Waals surface area contributed by atoms with Crippen LogP contribution in [0.5, 0.6) is 0 Å². The molecule has 42 heavy (non-hydrogen) atoms. The van der Waals surface area contributed by atoms with Gasteiger partial charge < -0.3 is 19.1 Å². The smallest absolute Gasteiger partial charge is 0.417 e. The summed E-state index contributed by atoms with van der Waals surface area (Å²) in [7, 11) is 1.56. The highest BCUT2D eigenvalue weighted by atomic mass is 19.4. The molecule has 1 aromatic carbocycles. The third kappa shape index (κ3) is 6.53. The first-order valence-electron chi connectivity index (χ1n) is 12.7. The fraction of sp³-hybridized carbons (Fsp3) is 0.538. The molecule has 0 spiro atoms. The minimum Gasteiger partial charge on any atom is -0.439 e. The quantitative estimate of drug-likeness (QED) is 0.334. The van der Waals surface area contributed by atoms with E-state index in [1.54, 1.807) is 18.9 Å². The summed E-state index contributed by atoms with van der Waals surface area (Å²) >= 11 is 0. The minimum absolute atomic E-state index is 0.0464. The highest BCUT2D eigenvalue weighted by Gasteiger charge is 2.44. The van der Waals surface area contributed by atoms with Gasteiger partial charge in [-0.3, -0.25) is 4.90 Å². The standard InChI is InChI=1S/C26H26F9N3O4/c1-4-41-20-12-40-11-19(20)37(3)22-15(7-18(9-36-22)26(33,34)35)10-38-13(2)21(42-23(38)39)14-5-16(24(27,28)29)8-17(6-14)25(30,31)32/h5-9,13,19-21H,4,10-12H2,1-3H3/t13-,19+,20-,21-/m0/s1. The summed E-state index contributed by atoms with van der Waals surface area (Å²) < 4.78 is 138. The van der Waals surface area contributed by atoms with E-state index >= 15 is 0 Å². The molecule has 232 valence electrons. The van der Waals surface area contributed by atoms with Crippen molar-refractivity contribution in [3.63, 3.8) is 0 Å². The lowest BCUT2D eigenvalue weighted by atomic mass is 9.97. The number of alkyl halides is 9. The Kier molecular flexibility index (Phi) is 8.62. The molecule has 7 nitrogen and oxygen atoms in total. The molecule has 0 unspecified atom stereocenters. The molecule has 0 radical (unpaired) electrons. The molecule has 0 bridgehead atoms. The summed E-state index contributed by atoms with van der Waals surface area (Å²) in [5.74, 6) is 0.0464. The fourth-order valence-electron chi connectivity index (χ4n) is 4.99. The number of halogens is 9. The Bertz CT molecular complexity index is 1270. The molecule has 0 saturated carbocycles. The molecule has 2 aliphatic rings. The van der Waals surface area contributed by atoms with Gasteiger partial charge in [0.2, 0.25) is 0 Å². The average Bonchev–Trinajstić information content (AvgIpc) is 3.46. The van der Waals surface area contributed by atoms with Gasteiger partial charge in [-0.15, -0.1) is 0 Å². The van der Waals surface area contributed by atoms with Crippen molar-refractivity contribution < 1.29 is 58.5 Å². The third-order valence-electron chi connectivity index (χ3n) is 7.15. The van der Waals surface area contributed by atoms with Crippen LogP contribution in [0, 0.1) is 0 Å². The normalized spacial score (nSPS) is 23.4. The lowest BCUT2D eigenvalue weighted by Crippen LogP contribution is -2.43. The predicted octanol–water partition coefficient (Wildman–Crippen LogP) is 6.46. The van der Waals surface area contributed by atoms with Gasteiger partial charge in [-0.25, -0.2) is 9.78 Å². The van der Waals surface area contributed by atoms with Crippen LogP contribution in [0.25, 0.3) is 0 Å². The molecule has 2 saturated heterocycles. The van der Waals surface area contributed by atoms with Gasteiger partial charge in [0.15, 0.2) is 0 Å². The van der Waals surface area contributed by atoms with Crippen LogP contribution in [-0.2, 0) is 39.3 Å². The summed E-state index contributed by atoms with van der Waals surface area (Å²) in [6.45, 7) is 3.28. The zero-order valence-corrected chi connectivity index (χ0v) is 22.4. The predicted molar refractivity (Wildman–Crippen MR) is 128 cm³/mol. The van der Waals surface area contributed by atoms with Crippen molar-refractivity contribution in [3.05, 3.63) is 58.3 Å². The Hall–Kier alpha value is -3.27. The van der Waals surface area contributed by atoms with E-state index in [4.69, 9.17) is 14.2 Å². The second kappa shape index (κ2) is 11.4. The number of amides is 1. The number of hydrogen-bond acceptors (Lipinski definition) is 6. The van der Waals surface area contributed by atoms with Crippen molar-refractivity contribution in [1.82, 2.24) is 9.88 Å². The van der Waals surface area contributed by atoms with Crippen molar-refractivity contribution in [2.24, 2.45) is 0 Å².